The first-order chi connectivity index (χ1) is 10.1. The number of carbonyl (C=O) groups excluding carboxylic acids is 2. The number of carbonyl (C=O) groups is 2. The molecule has 122 valence electrons. The van der Waals surface area contributed by atoms with Crippen LogP contribution in [0.25, 0.3) is 0 Å². The van der Waals surface area contributed by atoms with Crippen molar-refractivity contribution in [1.29, 1.82) is 0 Å². The van der Waals surface area contributed by atoms with Gasteiger partial charge in [0.25, 0.3) is 0 Å². The van der Waals surface area contributed by atoms with E-state index < -0.39 is 6.04 Å². The lowest BCUT2D eigenvalue weighted by Gasteiger charge is -2.27. The highest BCUT2D eigenvalue weighted by molar-refractivity contribution is 5.97. The van der Waals surface area contributed by atoms with E-state index in [2.05, 4.69) is 5.32 Å². The number of anilines is 2. The summed E-state index contributed by atoms with van der Waals surface area (Å²) in [6, 6.07) is 6.90. The number of benzene rings is 1. The Morgan fingerprint density at radius 2 is 2.18 bits per heavy atom. The van der Waals surface area contributed by atoms with E-state index in [0.717, 1.165) is 31.5 Å². The molecule has 1 aliphatic heterocycles. The maximum Gasteiger partial charge on any atom is 0.241 e. The molecule has 0 bridgehead atoms. The first-order valence-corrected chi connectivity index (χ1v) is 7.58. The van der Waals surface area contributed by atoms with Gasteiger partial charge < -0.3 is 16.0 Å². The third kappa shape index (κ3) is 4.71. The minimum Gasteiger partial charge on any atom is -0.325 e. The normalized spacial score (nSPS) is 15.9. The molecule has 2 rings (SSSR count). The molecule has 1 aliphatic rings. The van der Waals surface area contributed by atoms with E-state index in [9.17, 15) is 9.59 Å². The fourth-order valence-corrected chi connectivity index (χ4v) is 2.51. The first kappa shape index (κ1) is 18.5. The lowest BCUT2D eigenvalue weighted by molar-refractivity contribution is -0.119. The number of nitrogens with one attached hydrogen (secondary N) is 1. The number of nitrogens with two attached hydrogens (primary N) is 1. The molecule has 0 saturated carbocycles. The first-order valence-electron chi connectivity index (χ1n) is 7.58. The lowest BCUT2D eigenvalue weighted by atomic mass is 10.1. The Kier molecular flexibility index (Phi) is 7.35. The Morgan fingerprint density at radius 3 is 2.86 bits per heavy atom. The van der Waals surface area contributed by atoms with Crippen LogP contribution >= 0.6 is 12.4 Å². The Hall–Kier alpha value is -1.59. The minimum absolute atomic E-state index is 0. The van der Waals surface area contributed by atoms with Crippen molar-refractivity contribution < 1.29 is 9.59 Å². The summed E-state index contributed by atoms with van der Waals surface area (Å²) >= 11 is 0. The van der Waals surface area contributed by atoms with Crippen LogP contribution in [0.3, 0.4) is 0 Å². The number of halogens is 1. The van der Waals surface area contributed by atoms with Crippen molar-refractivity contribution in [3.8, 4) is 0 Å². The van der Waals surface area contributed by atoms with E-state index in [0.29, 0.717) is 18.5 Å². The summed E-state index contributed by atoms with van der Waals surface area (Å²) in [6.45, 7) is 2.74. The molecular formula is C16H24ClN3O2. The summed E-state index contributed by atoms with van der Waals surface area (Å²) in [5.41, 5.74) is 7.32. The average Bonchev–Trinajstić information content (AvgIpc) is 2.48. The van der Waals surface area contributed by atoms with Crippen LogP contribution in [0, 0.1) is 0 Å². The Morgan fingerprint density at radius 1 is 1.41 bits per heavy atom. The molecule has 0 aliphatic carbocycles. The molecule has 1 aromatic rings. The highest BCUT2D eigenvalue weighted by Gasteiger charge is 2.20. The molecule has 3 N–H and O–H groups in total. The largest absolute Gasteiger partial charge is 0.325 e. The van der Waals surface area contributed by atoms with E-state index >= 15 is 0 Å². The van der Waals surface area contributed by atoms with Crippen molar-refractivity contribution in [3.63, 3.8) is 0 Å². The Labute approximate surface area is 137 Å². The monoisotopic (exact) mass is 325 g/mol. The zero-order valence-corrected chi connectivity index (χ0v) is 13.7. The van der Waals surface area contributed by atoms with Crippen molar-refractivity contribution in [1.82, 2.24) is 0 Å². The zero-order valence-electron chi connectivity index (χ0n) is 12.9. The Balaban J connectivity index is 0.00000242. The molecule has 1 saturated heterocycles. The van der Waals surface area contributed by atoms with Gasteiger partial charge >= 0.3 is 0 Å². The molecule has 1 heterocycles. The van der Waals surface area contributed by atoms with Crippen LogP contribution in [0.4, 0.5) is 11.4 Å². The van der Waals surface area contributed by atoms with Gasteiger partial charge in [0.1, 0.15) is 0 Å². The summed E-state index contributed by atoms with van der Waals surface area (Å²) in [5, 5.41) is 2.82. The summed E-state index contributed by atoms with van der Waals surface area (Å²) in [7, 11) is 0. The third-order valence-electron chi connectivity index (χ3n) is 3.69. The molecule has 2 amide bonds. The second-order valence-electron chi connectivity index (χ2n) is 5.44. The summed E-state index contributed by atoms with van der Waals surface area (Å²) < 4.78 is 0. The van der Waals surface area contributed by atoms with Gasteiger partial charge in [0.15, 0.2) is 0 Å². The number of amides is 2. The fourth-order valence-electron chi connectivity index (χ4n) is 2.51. The molecule has 1 unspecified atom stereocenters. The minimum atomic E-state index is -0.490. The van der Waals surface area contributed by atoms with Gasteiger partial charge in [-0.1, -0.05) is 19.4 Å². The molecule has 0 aromatic heterocycles. The SMILES string of the molecule is CCCC(N)C(=O)Nc1cccc(N2CCCCC2=O)c1.Cl. The van der Waals surface area contributed by atoms with Crippen LogP contribution in [0.15, 0.2) is 24.3 Å². The number of piperidine rings is 1. The molecule has 1 aromatic carbocycles. The smallest absolute Gasteiger partial charge is 0.241 e. The molecule has 0 spiro atoms. The quantitative estimate of drug-likeness (QED) is 0.874. The molecule has 22 heavy (non-hydrogen) atoms. The van der Waals surface area contributed by atoms with Gasteiger partial charge in [-0.15, -0.1) is 12.4 Å². The van der Waals surface area contributed by atoms with Gasteiger partial charge in [-0.2, -0.15) is 0 Å². The molecule has 1 atom stereocenters. The van der Waals surface area contributed by atoms with Crippen LogP contribution < -0.4 is 16.0 Å². The average molecular weight is 326 g/mol. The van der Waals surface area contributed by atoms with Crippen LogP contribution in [0.5, 0.6) is 0 Å². The van der Waals surface area contributed by atoms with E-state index in [1.165, 1.54) is 0 Å². The molecule has 5 nitrogen and oxygen atoms in total. The van der Waals surface area contributed by atoms with E-state index in [-0.39, 0.29) is 24.2 Å². The second kappa shape index (κ2) is 8.76. The second-order valence-corrected chi connectivity index (χ2v) is 5.44. The topological polar surface area (TPSA) is 75.4 Å². The number of hydrogen-bond donors (Lipinski definition) is 2. The molecular weight excluding hydrogens is 302 g/mol. The van der Waals surface area contributed by atoms with Crippen LogP contribution in [-0.4, -0.2) is 24.4 Å². The third-order valence-corrected chi connectivity index (χ3v) is 3.69. The van der Waals surface area contributed by atoms with Crippen LogP contribution in [0.2, 0.25) is 0 Å². The molecule has 6 heteroatoms. The molecule has 1 fully saturated rings. The predicted octanol–water partition coefficient (Wildman–Crippen LogP) is 2.69. The lowest BCUT2D eigenvalue weighted by Crippen LogP contribution is -2.36. The van der Waals surface area contributed by atoms with Gasteiger partial charge in [-0.05, 0) is 37.5 Å². The van der Waals surface area contributed by atoms with E-state index in [4.69, 9.17) is 5.73 Å². The summed E-state index contributed by atoms with van der Waals surface area (Å²) in [4.78, 5) is 25.7. The van der Waals surface area contributed by atoms with Gasteiger partial charge in [0, 0.05) is 24.3 Å². The van der Waals surface area contributed by atoms with E-state index in [1.807, 2.05) is 31.2 Å². The van der Waals surface area contributed by atoms with Crippen molar-refractivity contribution in [2.45, 2.75) is 45.1 Å². The number of nitrogens with zero attached hydrogens (tertiary/aromatic N) is 1. The Bertz CT molecular complexity index is 522. The summed E-state index contributed by atoms with van der Waals surface area (Å²) in [6.07, 6.45) is 4.10. The number of rotatable bonds is 5. The van der Waals surface area contributed by atoms with Gasteiger partial charge in [0.2, 0.25) is 11.8 Å². The highest BCUT2D eigenvalue weighted by Crippen LogP contribution is 2.23. The van der Waals surface area contributed by atoms with Crippen molar-refractivity contribution in [2.75, 3.05) is 16.8 Å². The summed E-state index contributed by atoms with van der Waals surface area (Å²) in [5.74, 6) is -0.0358. The van der Waals surface area contributed by atoms with Gasteiger partial charge in [-0.25, -0.2) is 0 Å². The van der Waals surface area contributed by atoms with Crippen molar-refractivity contribution in [2.24, 2.45) is 5.73 Å². The van der Waals surface area contributed by atoms with Crippen molar-refractivity contribution in [3.05, 3.63) is 24.3 Å². The van der Waals surface area contributed by atoms with Gasteiger partial charge in [-0.3, -0.25) is 9.59 Å². The van der Waals surface area contributed by atoms with Crippen molar-refractivity contribution >= 4 is 35.6 Å². The predicted molar refractivity (Wildman–Crippen MR) is 91.4 cm³/mol. The fraction of sp³-hybridized carbons (Fsp3) is 0.500. The maximum absolute atomic E-state index is 11.9. The maximum atomic E-state index is 11.9. The van der Waals surface area contributed by atoms with Crippen LogP contribution in [0.1, 0.15) is 39.0 Å². The van der Waals surface area contributed by atoms with Crippen LogP contribution in [-0.2, 0) is 9.59 Å². The molecule has 0 radical (unpaired) electrons. The zero-order chi connectivity index (χ0) is 15.2. The highest BCUT2D eigenvalue weighted by atomic mass is 35.5. The number of hydrogen-bond acceptors (Lipinski definition) is 3. The van der Waals surface area contributed by atoms with Gasteiger partial charge in [0.05, 0.1) is 6.04 Å². The standard InChI is InChI=1S/C16H23N3O2.ClH/c1-2-6-14(17)16(21)18-12-7-5-8-13(11-12)19-10-4-3-9-15(19)20;/h5,7-8,11,14H,2-4,6,9-10,17H2,1H3,(H,18,21);1H. The van der Waals surface area contributed by atoms with E-state index in [1.54, 1.807) is 4.90 Å².